The van der Waals surface area contributed by atoms with Crippen molar-refractivity contribution in [1.82, 2.24) is 5.16 Å². The Morgan fingerprint density at radius 2 is 2.46 bits per heavy atom. The molecule has 0 aliphatic carbocycles. The molecule has 2 aromatic rings. The molecule has 0 saturated heterocycles. The normalized spacial score (nSPS) is 9.85. The van der Waals surface area contributed by atoms with Gasteiger partial charge in [0.15, 0.2) is 5.58 Å². The highest BCUT2D eigenvalue weighted by molar-refractivity contribution is 5.79. The highest BCUT2D eigenvalue weighted by atomic mass is 16.5. The fourth-order valence-corrected chi connectivity index (χ4v) is 1.20. The van der Waals surface area contributed by atoms with Crippen molar-refractivity contribution in [2.45, 2.75) is 6.54 Å². The first-order valence-corrected chi connectivity index (χ1v) is 3.78. The molecule has 1 heterocycles. The lowest BCUT2D eigenvalue weighted by Gasteiger charge is -1.93. The van der Waals surface area contributed by atoms with Gasteiger partial charge in [-0.3, -0.25) is 0 Å². The van der Waals surface area contributed by atoms with E-state index in [1.807, 2.05) is 18.2 Å². The Morgan fingerprint density at radius 3 is 3.31 bits per heavy atom. The molecule has 0 saturated carbocycles. The quantitative estimate of drug-likeness (QED) is 0.514. The zero-order chi connectivity index (χ0) is 9.10. The molecule has 1 aromatic carbocycles. The van der Waals surface area contributed by atoms with Crippen molar-refractivity contribution in [3.63, 3.8) is 0 Å². The molecule has 0 amide bonds. The Labute approximate surface area is 73.9 Å². The molecule has 2 rings (SSSR count). The Balaban J connectivity index is 2.54. The Morgan fingerprint density at radius 1 is 1.54 bits per heavy atom. The maximum atomic E-state index is 9.91. The number of isocyanates is 1. The minimum atomic E-state index is 0.288. The van der Waals surface area contributed by atoms with Crippen LogP contribution in [-0.2, 0) is 11.3 Å². The SMILES string of the molecule is O=C=NCc1cccc2cnoc12. The lowest BCUT2D eigenvalue weighted by atomic mass is 10.1. The summed E-state index contributed by atoms with van der Waals surface area (Å²) in [5.74, 6) is 0. The van der Waals surface area contributed by atoms with Crippen LogP contribution in [0.4, 0.5) is 0 Å². The van der Waals surface area contributed by atoms with Gasteiger partial charge in [-0.25, -0.2) is 9.79 Å². The van der Waals surface area contributed by atoms with Crippen molar-refractivity contribution >= 4 is 17.0 Å². The van der Waals surface area contributed by atoms with Crippen molar-refractivity contribution in [2.75, 3.05) is 0 Å². The number of hydrogen-bond acceptors (Lipinski definition) is 4. The molecule has 64 valence electrons. The van der Waals surface area contributed by atoms with Crippen LogP contribution in [0.15, 0.2) is 33.9 Å². The first kappa shape index (κ1) is 7.71. The van der Waals surface area contributed by atoms with Gasteiger partial charge in [0, 0.05) is 10.9 Å². The van der Waals surface area contributed by atoms with Crippen molar-refractivity contribution in [3.8, 4) is 0 Å². The van der Waals surface area contributed by atoms with Crippen LogP contribution in [0.1, 0.15) is 5.56 Å². The molecular weight excluding hydrogens is 168 g/mol. The number of nitrogens with zero attached hydrogens (tertiary/aromatic N) is 2. The summed E-state index contributed by atoms with van der Waals surface area (Å²) in [6.45, 7) is 0.288. The molecule has 0 spiro atoms. The largest absolute Gasteiger partial charge is 0.356 e. The van der Waals surface area contributed by atoms with E-state index in [0.717, 1.165) is 10.9 Å². The van der Waals surface area contributed by atoms with Crippen LogP contribution < -0.4 is 0 Å². The molecule has 0 fully saturated rings. The summed E-state index contributed by atoms with van der Waals surface area (Å²) in [6.07, 6.45) is 3.11. The van der Waals surface area contributed by atoms with E-state index in [4.69, 9.17) is 4.52 Å². The van der Waals surface area contributed by atoms with Gasteiger partial charge in [-0.05, 0) is 6.07 Å². The average molecular weight is 174 g/mol. The monoisotopic (exact) mass is 174 g/mol. The summed E-state index contributed by atoms with van der Waals surface area (Å²) in [6, 6.07) is 5.60. The second-order valence-corrected chi connectivity index (χ2v) is 2.57. The van der Waals surface area contributed by atoms with E-state index in [-0.39, 0.29) is 6.54 Å². The Hall–Kier alpha value is -1.93. The van der Waals surface area contributed by atoms with Crippen LogP contribution >= 0.6 is 0 Å². The van der Waals surface area contributed by atoms with Crippen molar-refractivity contribution in [3.05, 3.63) is 30.0 Å². The molecule has 0 atom stereocenters. The number of hydrogen-bond donors (Lipinski definition) is 0. The predicted octanol–water partition coefficient (Wildman–Crippen LogP) is 1.66. The third-order valence-corrected chi connectivity index (χ3v) is 1.78. The summed E-state index contributed by atoms with van der Waals surface area (Å²) in [5, 5.41) is 4.57. The molecule has 0 radical (unpaired) electrons. The highest BCUT2D eigenvalue weighted by Crippen LogP contribution is 2.18. The van der Waals surface area contributed by atoms with Crippen LogP contribution in [0.2, 0.25) is 0 Å². The number of aromatic nitrogens is 1. The summed E-state index contributed by atoms with van der Waals surface area (Å²) in [7, 11) is 0. The number of benzene rings is 1. The van der Waals surface area contributed by atoms with Crippen molar-refractivity contribution < 1.29 is 9.32 Å². The van der Waals surface area contributed by atoms with Gasteiger partial charge in [0.1, 0.15) is 0 Å². The first-order valence-electron chi connectivity index (χ1n) is 3.78. The molecule has 0 bridgehead atoms. The molecule has 0 N–H and O–H groups in total. The number of aliphatic imine (C=N–C) groups is 1. The van der Waals surface area contributed by atoms with E-state index < -0.39 is 0 Å². The number of fused-ring (bicyclic) bond motifs is 1. The van der Waals surface area contributed by atoms with Gasteiger partial charge in [0.05, 0.1) is 12.7 Å². The maximum Gasteiger partial charge on any atom is 0.235 e. The molecule has 4 heteroatoms. The summed E-state index contributed by atoms with van der Waals surface area (Å²) in [5.41, 5.74) is 1.53. The summed E-state index contributed by atoms with van der Waals surface area (Å²) in [4.78, 5) is 13.4. The van der Waals surface area contributed by atoms with E-state index in [2.05, 4.69) is 10.1 Å². The van der Waals surface area contributed by atoms with Crippen LogP contribution in [0.5, 0.6) is 0 Å². The molecule has 0 aliphatic heterocycles. The molecule has 1 aromatic heterocycles. The van der Waals surface area contributed by atoms with Crippen molar-refractivity contribution in [2.24, 2.45) is 4.99 Å². The number of para-hydroxylation sites is 1. The third kappa shape index (κ3) is 1.35. The number of carbonyl (C=O) groups excluding carboxylic acids is 1. The minimum Gasteiger partial charge on any atom is -0.356 e. The zero-order valence-electron chi connectivity index (χ0n) is 6.73. The van der Waals surface area contributed by atoms with E-state index in [1.165, 1.54) is 6.08 Å². The third-order valence-electron chi connectivity index (χ3n) is 1.78. The van der Waals surface area contributed by atoms with Crippen molar-refractivity contribution in [1.29, 1.82) is 0 Å². The lowest BCUT2D eigenvalue weighted by Crippen LogP contribution is -1.80. The fourth-order valence-electron chi connectivity index (χ4n) is 1.20. The lowest BCUT2D eigenvalue weighted by molar-refractivity contribution is 0.454. The van der Waals surface area contributed by atoms with Crippen LogP contribution in [0.3, 0.4) is 0 Å². The van der Waals surface area contributed by atoms with Crippen LogP contribution in [-0.4, -0.2) is 11.2 Å². The molecule has 0 aliphatic rings. The van der Waals surface area contributed by atoms with E-state index in [9.17, 15) is 4.79 Å². The second-order valence-electron chi connectivity index (χ2n) is 2.57. The minimum absolute atomic E-state index is 0.288. The van der Waals surface area contributed by atoms with Gasteiger partial charge in [-0.1, -0.05) is 17.3 Å². The molecule has 13 heavy (non-hydrogen) atoms. The van der Waals surface area contributed by atoms with Gasteiger partial charge in [0.25, 0.3) is 0 Å². The number of rotatable bonds is 2. The second kappa shape index (κ2) is 3.21. The summed E-state index contributed by atoms with van der Waals surface area (Å²) < 4.78 is 5.01. The molecule has 4 nitrogen and oxygen atoms in total. The van der Waals surface area contributed by atoms with Gasteiger partial charge in [-0.15, -0.1) is 0 Å². The summed E-state index contributed by atoms with van der Waals surface area (Å²) >= 11 is 0. The topological polar surface area (TPSA) is 55.5 Å². The average Bonchev–Trinajstić information content (AvgIpc) is 2.62. The van der Waals surface area contributed by atoms with Crippen LogP contribution in [0, 0.1) is 0 Å². The van der Waals surface area contributed by atoms with Gasteiger partial charge in [0.2, 0.25) is 6.08 Å². The highest BCUT2D eigenvalue weighted by Gasteiger charge is 2.03. The first-order chi connectivity index (χ1) is 6.42. The Bertz CT molecular complexity index is 469. The molecule has 0 unspecified atom stereocenters. The Kier molecular flexibility index (Phi) is 1.90. The van der Waals surface area contributed by atoms with Gasteiger partial charge in [-0.2, -0.15) is 0 Å². The van der Waals surface area contributed by atoms with Crippen LogP contribution in [0.25, 0.3) is 11.0 Å². The zero-order valence-corrected chi connectivity index (χ0v) is 6.73. The molecular formula is C9H6N2O2. The van der Waals surface area contributed by atoms with Gasteiger partial charge >= 0.3 is 0 Å². The van der Waals surface area contributed by atoms with E-state index >= 15 is 0 Å². The van der Waals surface area contributed by atoms with E-state index in [0.29, 0.717) is 5.58 Å². The smallest absolute Gasteiger partial charge is 0.235 e. The maximum absolute atomic E-state index is 9.91. The predicted molar refractivity (Wildman–Crippen MR) is 45.8 cm³/mol. The van der Waals surface area contributed by atoms with E-state index in [1.54, 1.807) is 6.20 Å². The van der Waals surface area contributed by atoms with Gasteiger partial charge < -0.3 is 4.52 Å². The standard InChI is InChI=1S/C9H6N2O2/c12-6-10-4-7-2-1-3-8-5-11-13-9(7)8/h1-3,5H,4H2. The fraction of sp³-hybridized carbons (Fsp3) is 0.111.